The van der Waals surface area contributed by atoms with Crippen LogP contribution in [0.2, 0.25) is 5.02 Å². The van der Waals surface area contributed by atoms with Crippen molar-refractivity contribution in [2.24, 2.45) is 7.05 Å². The molecule has 0 radical (unpaired) electrons. The number of halogens is 1. The summed E-state index contributed by atoms with van der Waals surface area (Å²) in [7, 11) is 1.91. The van der Waals surface area contributed by atoms with Crippen LogP contribution in [0, 0.1) is 0 Å². The highest BCUT2D eigenvalue weighted by Gasteiger charge is 2.13. The Morgan fingerprint density at radius 3 is 2.80 bits per heavy atom. The van der Waals surface area contributed by atoms with E-state index >= 15 is 0 Å². The van der Waals surface area contributed by atoms with Gasteiger partial charge in [-0.1, -0.05) is 41.6 Å². The van der Waals surface area contributed by atoms with Gasteiger partial charge in [-0.25, -0.2) is 0 Å². The number of nitrogens with zero attached hydrogens (tertiary/aromatic N) is 3. The maximum Gasteiger partial charge on any atom is 0.230 e. The first-order chi connectivity index (χ1) is 12.1. The van der Waals surface area contributed by atoms with Crippen LogP contribution in [0.1, 0.15) is 5.56 Å². The highest BCUT2D eigenvalue weighted by molar-refractivity contribution is 7.99. The van der Waals surface area contributed by atoms with E-state index in [0.717, 1.165) is 32.9 Å². The Morgan fingerprint density at radius 1 is 1.28 bits per heavy atom. The summed E-state index contributed by atoms with van der Waals surface area (Å²) in [5, 5.41) is 14.8. The van der Waals surface area contributed by atoms with E-state index in [9.17, 15) is 4.79 Å². The zero-order valence-electron chi connectivity index (χ0n) is 13.6. The van der Waals surface area contributed by atoms with Gasteiger partial charge >= 0.3 is 0 Å². The third-order valence-electron chi connectivity index (χ3n) is 3.56. The van der Waals surface area contributed by atoms with E-state index < -0.39 is 0 Å². The molecule has 8 heteroatoms. The van der Waals surface area contributed by atoms with E-state index in [1.54, 1.807) is 11.3 Å². The van der Waals surface area contributed by atoms with Crippen molar-refractivity contribution in [2.75, 3.05) is 12.3 Å². The molecule has 1 amide bonds. The van der Waals surface area contributed by atoms with Gasteiger partial charge in [-0.15, -0.1) is 21.5 Å². The molecule has 0 fully saturated rings. The van der Waals surface area contributed by atoms with Crippen LogP contribution in [0.15, 0.2) is 46.9 Å². The minimum atomic E-state index is -0.0142. The molecule has 25 heavy (non-hydrogen) atoms. The summed E-state index contributed by atoms with van der Waals surface area (Å²) in [6.07, 6.45) is 0.778. The number of amides is 1. The van der Waals surface area contributed by atoms with E-state index in [-0.39, 0.29) is 5.91 Å². The van der Waals surface area contributed by atoms with Crippen molar-refractivity contribution in [1.82, 2.24) is 20.1 Å². The standard InChI is InChI=1S/C17H17ClN4OS2/c1-22-16(14-3-2-10-24-14)20-21-17(22)25-11-15(23)19-9-8-12-4-6-13(18)7-5-12/h2-7,10H,8-9,11H2,1H3,(H,19,23). The van der Waals surface area contributed by atoms with Crippen molar-refractivity contribution in [3.63, 3.8) is 0 Å². The normalized spacial score (nSPS) is 10.8. The van der Waals surface area contributed by atoms with Crippen LogP contribution in [0.5, 0.6) is 0 Å². The summed E-state index contributed by atoms with van der Waals surface area (Å²) >= 11 is 8.86. The minimum Gasteiger partial charge on any atom is -0.355 e. The lowest BCUT2D eigenvalue weighted by Crippen LogP contribution is -2.27. The molecule has 1 aromatic carbocycles. The molecule has 0 aliphatic carbocycles. The molecule has 3 rings (SSSR count). The average Bonchev–Trinajstić information content (AvgIpc) is 3.24. The van der Waals surface area contributed by atoms with Crippen molar-refractivity contribution < 1.29 is 4.79 Å². The van der Waals surface area contributed by atoms with Gasteiger partial charge in [-0.2, -0.15) is 0 Å². The molecule has 0 aliphatic rings. The maximum atomic E-state index is 12.0. The number of rotatable bonds is 7. The van der Waals surface area contributed by atoms with Gasteiger partial charge in [-0.05, 0) is 35.6 Å². The molecule has 0 bridgehead atoms. The van der Waals surface area contributed by atoms with Crippen molar-refractivity contribution >= 4 is 40.6 Å². The molecule has 0 atom stereocenters. The van der Waals surface area contributed by atoms with Crippen LogP contribution in [0.25, 0.3) is 10.7 Å². The fourth-order valence-electron chi connectivity index (χ4n) is 2.24. The summed E-state index contributed by atoms with van der Waals surface area (Å²) < 4.78 is 1.91. The highest BCUT2D eigenvalue weighted by atomic mass is 35.5. The van der Waals surface area contributed by atoms with E-state index in [1.807, 2.05) is 53.4 Å². The molecule has 130 valence electrons. The lowest BCUT2D eigenvalue weighted by Gasteiger charge is -2.06. The van der Waals surface area contributed by atoms with Gasteiger partial charge in [0.25, 0.3) is 0 Å². The van der Waals surface area contributed by atoms with Gasteiger partial charge in [0, 0.05) is 18.6 Å². The summed E-state index contributed by atoms with van der Waals surface area (Å²) in [6, 6.07) is 11.6. The van der Waals surface area contributed by atoms with Gasteiger partial charge in [0.1, 0.15) is 0 Å². The topological polar surface area (TPSA) is 59.8 Å². The summed E-state index contributed by atoms with van der Waals surface area (Å²) in [5.74, 6) is 1.12. The van der Waals surface area contributed by atoms with Crippen LogP contribution in [-0.4, -0.2) is 33.0 Å². The third kappa shape index (κ3) is 4.84. The second-order valence-electron chi connectivity index (χ2n) is 5.36. The smallest absolute Gasteiger partial charge is 0.230 e. The summed E-state index contributed by atoms with van der Waals surface area (Å²) in [6.45, 7) is 0.598. The zero-order chi connectivity index (χ0) is 17.6. The molecule has 5 nitrogen and oxygen atoms in total. The average molecular weight is 393 g/mol. The fourth-order valence-corrected chi connectivity index (χ4v) is 3.85. The van der Waals surface area contributed by atoms with Crippen molar-refractivity contribution in [3.8, 4) is 10.7 Å². The monoisotopic (exact) mass is 392 g/mol. The Kier molecular flexibility index (Phi) is 6.12. The number of hydrogen-bond donors (Lipinski definition) is 1. The minimum absolute atomic E-state index is 0.0142. The lowest BCUT2D eigenvalue weighted by molar-refractivity contribution is -0.118. The van der Waals surface area contributed by atoms with E-state index in [0.29, 0.717) is 12.3 Å². The Labute approximate surface area is 159 Å². The number of benzene rings is 1. The molecule has 2 heterocycles. The molecule has 3 aromatic rings. The van der Waals surface area contributed by atoms with Gasteiger partial charge in [0.2, 0.25) is 5.91 Å². The van der Waals surface area contributed by atoms with E-state index in [1.165, 1.54) is 11.8 Å². The van der Waals surface area contributed by atoms with Gasteiger partial charge in [0.15, 0.2) is 11.0 Å². The summed E-state index contributed by atoms with van der Waals surface area (Å²) in [5.41, 5.74) is 1.14. The molecule has 0 aliphatic heterocycles. The van der Waals surface area contributed by atoms with Crippen molar-refractivity contribution in [3.05, 3.63) is 52.4 Å². The molecule has 2 aromatic heterocycles. The molecule has 0 saturated carbocycles. The number of hydrogen-bond acceptors (Lipinski definition) is 5. The summed E-state index contributed by atoms with van der Waals surface area (Å²) in [4.78, 5) is 13.1. The SMILES string of the molecule is Cn1c(SCC(=O)NCCc2ccc(Cl)cc2)nnc1-c1cccs1. The highest BCUT2D eigenvalue weighted by Crippen LogP contribution is 2.25. The molecule has 0 saturated heterocycles. The fraction of sp³-hybridized carbons (Fsp3) is 0.235. The first-order valence-electron chi connectivity index (χ1n) is 7.70. The number of aromatic nitrogens is 3. The molecular weight excluding hydrogens is 376 g/mol. The third-order valence-corrected chi connectivity index (χ3v) is 5.70. The van der Waals surface area contributed by atoms with E-state index in [4.69, 9.17) is 11.6 Å². The van der Waals surface area contributed by atoms with Crippen LogP contribution >= 0.6 is 34.7 Å². The second kappa shape index (κ2) is 8.51. The van der Waals surface area contributed by atoms with Gasteiger partial charge in [0.05, 0.1) is 10.6 Å². The van der Waals surface area contributed by atoms with Crippen LogP contribution in [-0.2, 0) is 18.3 Å². The van der Waals surface area contributed by atoms with Gasteiger partial charge < -0.3 is 9.88 Å². The second-order valence-corrected chi connectivity index (χ2v) is 7.68. The Balaban J connectivity index is 1.45. The molecule has 0 unspecified atom stereocenters. The number of thioether (sulfide) groups is 1. The van der Waals surface area contributed by atoms with Crippen LogP contribution < -0.4 is 5.32 Å². The number of carbonyl (C=O) groups is 1. The quantitative estimate of drug-likeness (QED) is 0.623. The number of thiophene rings is 1. The van der Waals surface area contributed by atoms with Gasteiger partial charge in [-0.3, -0.25) is 4.79 Å². The molecular formula is C17H17ClN4OS2. The predicted molar refractivity (Wildman–Crippen MR) is 103 cm³/mol. The first-order valence-corrected chi connectivity index (χ1v) is 9.95. The predicted octanol–water partition coefficient (Wildman–Crippen LogP) is 3.65. The molecule has 0 spiro atoms. The number of carbonyl (C=O) groups excluding carboxylic acids is 1. The maximum absolute atomic E-state index is 12.0. The van der Waals surface area contributed by atoms with E-state index in [2.05, 4.69) is 15.5 Å². The molecule has 1 N–H and O–H groups in total. The Hall–Kier alpha value is -1.83. The Morgan fingerprint density at radius 2 is 2.08 bits per heavy atom. The zero-order valence-corrected chi connectivity index (χ0v) is 16.0. The van der Waals surface area contributed by atoms with Crippen molar-refractivity contribution in [2.45, 2.75) is 11.6 Å². The number of nitrogens with one attached hydrogen (secondary N) is 1. The largest absolute Gasteiger partial charge is 0.355 e. The Bertz CT molecular complexity index is 831. The van der Waals surface area contributed by atoms with Crippen molar-refractivity contribution in [1.29, 1.82) is 0 Å². The first kappa shape index (κ1) is 18.0. The van der Waals surface area contributed by atoms with Crippen LogP contribution in [0.3, 0.4) is 0 Å². The van der Waals surface area contributed by atoms with Crippen LogP contribution in [0.4, 0.5) is 0 Å². The lowest BCUT2D eigenvalue weighted by atomic mass is 10.1.